The van der Waals surface area contributed by atoms with Crippen LogP contribution >= 0.6 is 7.14 Å². The van der Waals surface area contributed by atoms with Crippen molar-refractivity contribution in [2.45, 2.75) is 0 Å². The molecule has 5 rings (SSSR count). The highest BCUT2D eigenvalue weighted by atomic mass is 32.2. The van der Waals surface area contributed by atoms with Crippen LogP contribution in [0.4, 0.5) is 17.2 Å². The first-order valence-electron chi connectivity index (χ1n) is 11.2. The Balaban J connectivity index is 1.90. The lowest BCUT2D eigenvalue weighted by atomic mass is 10.2. The minimum absolute atomic E-state index is 0.0815. The molecule has 0 spiro atoms. The number of anilines is 3. The average molecular weight is 515 g/mol. The maximum absolute atomic E-state index is 15.2. The fourth-order valence-electron chi connectivity index (χ4n) is 4.09. The largest absolute Gasteiger partial charge is 0.307 e. The molecule has 0 bridgehead atoms. The van der Waals surface area contributed by atoms with Crippen LogP contribution in [0.3, 0.4) is 0 Å². The second-order valence-electron chi connectivity index (χ2n) is 8.13. The van der Waals surface area contributed by atoms with Crippen molar-refractivity contribution in [1.82, 2.24) is 14.4 Å². The first-order valence-corrected chi connectivity index (χ1v) is 14.7. The smallest absolute Gasteiger partial charge is 0.254 e. The molecule has 1 aromatic heterocycles. The molecule has 4 aromatic carbocycles. The summed E-state index contributed by atoms with van der Waals surface area (Å²) in [5.41, 5.74) is 1.42. The Bertz CT molecular complexity index is 1540. The van der Waals surface area contributed by atoms with Gasteiger partial charge in [-0.05, 0) is 29.5 Å². The van der Waals surface area contributed by atoms with Crippen LogP contribution < -0.4 is 20.9 Å². The molecule has 0 radical (unpaired) electrons. The molecule has 180 valence electrons. The van der Waals surface area contributed by atoms with Crippen molar-refractivity contribution in [1.29, 1.82) is 0 Å². The normalized spacial score (nSPS) is 11.8. The average Bonchev–Trinajstić information content (AvgIpc) is 3.37. The third-order valence-electron chi connectivity index (χ3n) is 5.69. The van der Waals surface area contributed by atoms with Crippen LogP contribution in [0.2, 0.25) is 0 Å². The van der Waals surface area contributed by atoms with Crippen LogP contribution in [0.5, 0.6) is 0 Å². The topological polar surface area (TPSA) is 85.2 Å². The highest BCUT2D eigenvalue weighted by molar-refractivity contribution is 7.89. The van der Waals surface area contributed by atoms with Crippen LogP contribution in [0.25, 0.3) is 0 Å². The molecule has 0 aliphatic rings. The van der Waals surface area contributed by atoms with Crippen molar-refractivity contribution in [3.8, 4) is 0 Å². The van der Waals surface area contributed by atoms with Crippen molar-refractivity contribution in [2.24, 2.45) is 0 Å². The van der Waals surface area contributed by atoms with Crippen molar-refractivity contribution in [3.05, 3.63) is 121 Å². The summed E-state index contributed by atoms with van der Waals surface area (Å²) < 4.78 is 42.0. The van der Waals surface area contributed by atoms with Gasteiger partial charge < -0.3 is 4.57 Å². The van der Waals surface area contributed by atoms with E-state index in [0.717, 1.165) is 10.3 Å². The van der Waals surface area contributed by atoms with Crippen LogP contribution in [-0.4, -0.2) is 29.1 Å². The molecule has 5 aromatic rings. The van der Waals surface area contributed by atoms with Crippen molar-refractivity contribution in [3.63, 3.8) is 0 Å². The van der Waals surface area contributed by atoms with Crippen molar-refractivity contribution in [2.75, 3.05) is 11.2 Å². The molecule has 1 heterocycles. The minimum atomic E-state index is -3.92. The fraction of sp³-hybridized carbons (Fsp3) is 0.0370. The lowest BCUT2D eigenvalue weighted by Gasteiger charge is -2.27. The van der Waals surface area contributed by atoms with Gasteiger partial charge in [0.2, 0.25) is 0 Å². The lowest BCUT2D eigenvalue weighted by Crippen LogP contribution is -2.31. The Labute approximate surface area is 210 Å². The Morgan fingerprint density at radius 2 is 1.06 bits per heavy atom. The van der Waals surface area contributed by atoms with E-state index in [1.54, 1.807) is 53.4 Å². The van der Waals surface area contributed by atoms with E-state index in [9.17, 15) is 8.42 Å². The minimum Gasteiger partial charge on any atom is -0.307 e. The molecular formula is C27H23N4O3PS. The van der Waals surface area contributed by atoms with Gasteiger partial charge in [0.05, 0.1) is 6.26 Å². The van der Waals surface area contributed by atoms with Crippen molar-refractivity contribution < 1.29 is 13.0 Å². The summed E-state index contributed by atoms with van der Waals surface area (Å²) in [6.07, 6.45) is 1.05. The van der Waals surface area contributed by atoms with E-state index in [1.165, 1.54) is 0 Å². The predicted molar refractivity (Wildman–Crippen MR) is 144 cm³/mol. The summed E-state index contributed by atoms with van der Waals surface area (Å²) in [6.45, 7) is 0. The Hall–Kier alpha value is -4.00. The molecule has 0 aliphatic heterocycles. The van der Waals surface area contributed by atoms with Gasteiger partial charge in [-0.25, -0.2) is 8.42 Å². The van der Waals surface area contributed by atoms with Crippen LogP contribution in [0, 0.1) is 0 Å². The second-order valence-corrected chi connectivity index (χ2v) is 12.6. The monoisotopic (exact) mass is 514 g/mol. The number of nitrogens with zero attached hydrogens (tertiary/aromatic N) is 4. The van der Waals surface area contributed by atoms with Gasteiger partial charge >= 0.3 is 0 Å². The third kappa shape index (κ3) is 4.26. The highest BCUT2D eigenvalue weighted by Gasteiger charge is 2.40. The third-order valence-corrected chi connectivity index (χ3v) is 9.51. The number of rotatable bonds is 7. The van der Waals surface area contributed by atoms with Crippen molar-refractivity contribution >= 4 is 50.4 Å². The lowest BCUT2D eigenvalue weighted by molar-refractivity contribution is 0.583. The van der Waals surface area contributed by atoms with E-state index >= 15 is 4.57 Å². The number of hydrogen-bond donors (Lipinski definition) is 0. The zero-order valence-corrected chi connectivity index (χ0v) is 21.1. The zero-order chi connectivity index (χ0) is 25.2. The molecule has 7 nitrogen and oxygen atoms in total. The van der Waals surface area contributed by atoms with Gasteiger partial charge in [-0.3, -0.25) is 4.90 Å². The van der Waals surface area contributed by atoms with Gasteiger partial charge in [0.15, 0.2) is 18.4 Å². The quantitative estimate of drug-likeness (QED) is 0.303. The number of hydrogen-bond acceptors (Lipinski definition) is 6. The summed E-state index contributed by atoms with van der Waals surface area (Å²) in [4.78, 5) is 1.73. The number of para-hydroxylation sites is 2. The Kier molecular flexibility index (Phi) is 6.31. The summed E-state index contributed by atoms with van der Waals surface area (Å²) in [5, 5.41) is 9.40. The van der Waals surface area contributed by atoms with E-state index in [4.69, 9.17) is 0 Å². The Morgan fingerprint density at radius 3 is 1.44 bits per heavy atom. The molecule has 9 heteroatoms. The van der Waals surface area contributed by atoms with Gasteiger partial charge in [-0.2, -0.15) is 0 Å². The maximum Gasteiger partial charge on any atom is 0.254 e. The molecule has 36 heavy (non-hydrogen) atoms. The van der Waals surface area contributed by atoms with Gasteiger partial charge in [-0.1, -0.05) is 97.1 Å². The van der Waals surface area contributed by atoms with E-state index in [-0.39, 0.29) is 11.3 Å². The molecule has 0 unspecified atom stereocenters. The predicted octanol–water partition coefficient (Wildman–Crippen LogP) is 4.20. The molecule has 0 fully saturated rings. The van der Waals surface area contributed by atoms with E-state index < -0.39 is 17.2 Å². The van der Waals surface area contributed by atoms with Gasteiger partial charge in [-0.15, -0.1) is 9.19 Å². The molecule has 0 aliphatic carbocycles. The van der Waals surface area contributed by atoms with Gasteiger partial charge in [0.25, 0.3) is 10.0 Å². The van der Waals surface area contributed by atoms with E-state index in [0.29, 0.717) is 22.0 Å². The summed E-state index contributed by atoms with van der Waals surface area (Å²) in [5.74, 6) is 0.103. The maximum atomic E-state index is 15.2. The highest BCUT2D eigenvalue weighted by Crippen LogP contribution is 2.46. The van der Waals surface area contributed by atoms with Crippen LogP contribution in [-0.2, 0) is 14.6 Å². The number of aromatic nitrogens is 3. The summed E-state index contributed by atoms with van der Waals surface area (Å²) >= 11 is 0. The molecule has 0 amide bonds. The molecular weight excluding hydrogens is 491 g/mol. The SMILES string of the molecule is CS(=O)(=O)n1nnc(P(=O)(c2ccccc2)c2ccccc2)c1N(c1ccccc1)c1ccccc1. The molecule has 0 N–H and O–H groups in total. The van der Waals surface area contributed by atoms with Crippen LogP contribution in [0.15, 0.2) is 121 Å². The first kappa shape index (κ1) is 23.7. The summed E-state index contributed by atoms with van der Waals surface area (Å²) in [6, 6.07) is 36.6. The van der Waals surface area contributed by atoms with Gasteiger partial charge in [0, 0.05) is 22.0 Å². The summed E-state index contributed by atoms with van der Waals surface area (Å²) in [7, 11) is -7.58. The fourth-order valence-corrected chi connectivity index (χ4v) is 7.42. The number of benzene rings is 4. The Morgan fingerprint density at radius 1 is 0.667 bits per heavy atom. The zero-order valence-electron chi connectivity index (χ0n) is 19.4. The van der Waals surface area contributed by atoms with Gasteiger partial charge in [0.1, 0.15) is 0 Å². The van der Waals surface area contributed by atoms with E-state index in [2.05, 4.69) is 10.3 Å². The second kappa shape index (κ2) is 9.57. The van der Waals surface area contributed by atoms with E-state index in [1.807, 2.05) is 72.8 Å². The standard InChI is InChI=1S/C27H23N4O3PS/c1-36(33,34)31-27(30(22-14-6-2-7-15-22)23-16-8-3-9-17-23)26(28-29-31)35(32,24-18-10-4-11-19-24)25-20-12-5-13-21-25/h2-21H,1H3. The first-order chi connectivity index (χ1) is 17.4. The molecule has 0 atom stereocenters. The molecule has 0 saturated heterocycles. The molecule has 0 saturated carbocycles. The van der Waals surface area contributed by atoms with Crippen LogP contribution in [0.1, 0.15) is 0 Å².